The van der Waals surface area contributed by atoms with E-state index in [0.29, 0.717) is 24.2 Å². The van der Waals surface area contributed by atoms with Crippen LogP contribution in [0.5, 0.6) is 0 Å². The van der Waals surface area contributed by atoms with Crippen LogP contribution in [0.15, 0.2) is 18.3 Å². The van der Waals surface area contributed by atoms with Crippen molar-refractivity contribution in [3.63, 3.8) is 0 Å². The molecule has 3 unspecified atom stereocenters. The number of carbonyl (C=O) groups is 2. The van der Waals surface area contributed by atoms with Crippen LogP contribution in [0.2, 0.25) is 0 Å². The van der Waals surface area contributed by atoms with E-state index in [2.05, 4.69) is 20.5 Å². The Morgan fingerprint density at radius 2 is 2.27 bits per heavy atom. The van der Waals surface area contributed by atoms with Crippen LogP contribution in [0, 0.1) is 5.92 Å². The van der Waals surface area contributed by atoms with E-state index in [4.69, 9.17) is 4.74 Å². The number of anilines is 1. The van der Waals surface area contributed by atoms with Crippen molar-refractivity contribution in [2.24, 2.45) is 5.92 Å². The third-order valence-corrected chi connectivity index (χ3v) is 5.60. The van der Waals surface area contributed by atoms with E-state index >= 15 is 0 Å². The summed E-state index contributed by atoms with van der Waals surface area (Å²) in [4.78, 5) is 30.3. The molecule has 2 amide bonds. The summed E-state index contributed by atoms with van der Waals surface area (Å²) in [7, 11) is 0. The van der Waals surface area contributed by atoms with Crippen LogP contribution >= 0.6 is 0 Å². The highest BCUT2D eigenvalue weighted by atomic mass is 16.5. The first-order valence-corrected chi connectivity index (χ1v) is 9.46. The van der Waals surface area contributed by atoms with Crippen molar-refractivity contribution in [1.82, 2.24) is 15.2 Å². The molecule has 26 heavy (non-hydrogen) atoms. The molecule has 0 bridgehead atoms. The molecule has 3 atom stereocenters. The van der Waals surface area contributed by atoms with E-state index in [1.165, 1.54) is 19.8 Å². The van der Waals surface area contributed by atoms with Crippen LogP contribution in [0.3, 0.4) is 0 Å². The van der Waals surface area contributed by atoms with Crippen molar-refractivity contribution in [2.45, 2.75) is 50.7 Å². The second kappa shape index (κ2) is 7.32. The molecule has 0 spiro atoms. The quantitative estimate of drug-likeness (QED) is 0.852. The number of ether oxygens (including phenoxy) is 1. The van der Waals surface area contributed by atoms with Gasteiger partial charge in [-0.25, -0.2) is 4.98 Å². The molecule has 3 aliphatic rings. The predicted octanol–water partition coefficient (Wildman–Crippen LogP) is 1.47. The Balaban J connectivity index is 1.51. The van der Waals surface area contributed by atoms with E-state index in [9.17, 15) is 9.59 Å². The summed E-state index contributed by atoms with van der Waals surface area (Å²) in [6.45, 7) is 3.83. The average Bonchev–Trinajstić information content (AvgIpc) is 3.46. The van der Waals surface area contributed by atoms with Crippen LogP contribution < -0.4 is 10.6 Å². The van der Waals surface area contributed by atoms with Crippen molar-refractivity contribution in [2.75, 3.05) is 25.1 Å². The SMILES string of the molecule is CC(=O)Nc1cc(C2CC(=O)NC(N3CCOCC3C3CC3)C2)ccn1. The summed E-state index contributed by atoms with van der Waals surface area (Å²) in [5.74, 6) is 1.33. The van der Waals surface area contributed by atoms with E-state index in [1.807, 2.05) is 12.1 Å². The number of nitrogens with zero attached hydrogens (tertiary/aromatic N) is 2. The molecule has 3 heterocycles. The molecular formula is C19H26N4O3. The van der Waals surface area contributed by atoms with Gasteiger partial charge >= 0.3 is 0 Å². The average molecular weight is 358 g/mol. The van der Waals surface area contributed by atoms with Crippen LogP contribution in [0.25, 0.3) is 0 Å². The first-order valence-electron chi connectivity index (χ1n) is 9.46. The lowest BCUT2D eigenvalue weighted by Crippen LogP contribution is -2.59. The number of morpholine rings is 1. The highest BCUT2D eigenvalue weighted by molar-refractivity contribution is 5.87. The molecule has 7 heteroatoms. The summed E-state index contributed by atoms with van der Waals surface area (Å²) >= 11 is 0. The fraction of sp³-hybridized carbons (Fsp3) is 0.632. The second-order valence-corrected chi connectivity index (χ2v) is 7.59. The molecule has 2 aliphatic heterocycles. The number of rotatable bonds is 4. The zero-order valence-electron chi connectivity index (χ0n) is 15.1. The number of nitrogens with one attached hydrogen (secondary N) is 2. The summed E-state index contributed by atoms with van der Waals surface area (Å²) in [6.07, 6.45) is 5.62. The maximum absolute atomic E-state index is 12.4. The normalized spacial score (nSPS) is 29.9. The van der Waals surface area contributed by atoms with Crippen molar-refractivity contribution < 1.29 is 14.3 Å². The monoisotopic (exact) mass is 358 g/mol. The molecule has 1 aromatic rings. The topological polar surface area (TPSA) is 83.6 Å². The molecule has 1 saturated carbocycles. The maximum atomic E-state index is 12.4. The van der Waals surface area contributed by atoms with Crippen molar-refractivity contribution in [3.05, 3.63) is 23.9 Å². The third-order valence-electron chi connectivity index (χ3n) is 5.60. The molecule has 0 radical (unpaired) electrons. The number of aromatic nitrogens is 1. The molecule has 1 aromatic heterocycles. The molecular weight excluding hydrogens is 332 g/mol. The Morgan fingerprint density at radius 1 is 1.42 bits per heavy atom. The number of hydrogen-bond acceptors (Lipinski definition) is 5. The third kappa shape index (κ3) is 3.88. The Morgan fingerprint density at radius 3 is 3.04 bits per heavy atom. The fourth-order valence-corrected chi connectivity index (χ4v) is 4.21. The predicted molar refractivity (Wildman–Crippen MR) is 96.5 cm³/mol. The lowest BCUT2D eigenvalue weighted by molar-refractivity contribution is -0.128. The Bertz CT molecular complexity index is 691. The lowest BCUT2D eigenvalue weighted by atomic mass is 9.87. The molecule has 2 saturated heterocycles. The maximum Gasteiger partial charge on any atom is 0.222 e. The number of carbonyl (C=O) groups excluding carboxylic acids is 2. The molecule has 3 fully saturated rings. The lowest BCUT2D eigenvalue weighted by Gasteiger charge is -2.44. The van der Waals surface area contributed by atoms with E-state index in [-0.39, 0.29) is 23.9 Å². The summed E-state index contributed by atoms with van der Waals surface area (Å²) in [5, 5.41) is 5.91. The Hall–Kier alpha value is -1.99. The van der Waals surface area contributed by atoms with Gasteiger partial charge < -0.3 is 15.4 Å². The van der Waals surface area contributed by atoms with Crippen molar-refractivity contribution in [3.8, 4) is 0 Å². The summed E-state index contributed by atoms with van der Waals surface area (Å²) in [6, 6.07) is 4.25. The van der Waals surface area contributed by atoms with Gasteiger partial charge in [0.2, 0.25) is 11.8 Å². The van der Waals surface area contributed by atoms with Crippen molar-refractivity contribution >= 4 is 17.6 Å². The van der Waals surface area contributed by atoms with Gasteiger partial charge in [-0.2, -0.15) is 0 Å². The van der Waals surface area contributed by atoms with E-state index in [1.54, 1.807) is 6.20 Å². The first-order chi connectivity index (χ1) is 12.6. The van der Waals surface area contributed by atoms with Crippen LogP contribution in [-0.2, 0) is 14.3 Å². The van der Waals surface area contributed by atoms with Gasteiger partial charge in [-0.1, -0.05) is 0 Å². The van der Waals surface area contributed by atoms with Crippen LogP contribution in [-0.4, -0.2) is 53.7 Å². The first kappa shape index (κ1) is 17.4. The smallest absolute Gasteiger partial charge is 0.222 e. The van der Waals surface area contributed by atoms with Gasteiger partial charge in [-0.3, -0.25) is 14.5 Å². The minimum Gasteiger partial charge on any atom is -0.378 e. The van der Waals surface area contributed by atoms with Gasteiger partial charge in [0.1, 0.15) is 5.82 Å². The minimum absolute atomic E-state index is 0.0492. The fourth-order valence-electron chi connectivity index (χ4n) is 4.21. The van der Waals surface area contributed by atoms with Gasteiger partial charge in [0.15, 0.2) is 0 Å². The highest BCUT2D eigenvalue weighted by Gasteiger charge is 2.42. The number of pyridine rings is 1. The van der Waals surface area contributed by atoms with Crippen LogP contribution in [0.1, 0.15) is 44.1 Å². The number of amides is 2. The Labute approximate surface area is 153 Å². The molecule has 140 valence electrons. The molecule has 1 aliphatic carbocycles. The Kier molecular flexibility index (Phi) is 4.91. The molecule has 2 N–H and O–H groups in total. The molecule has 7 nitrogen and oxygen atoms in total. The minimum atomic E-state index is -0.144. The van der Waals surface area contributed by atoms with Gasteiger partial charge in [-0.15, -0.1) is 0 Å². The van der Waals surface area contributed by atoms with Crippen LogP contribution in [0.4, 0.5) is 5.82 Å². The number of piperidine rings is 1. The van der Waals surface area contributed by atoms with Gasteiger partial charge in [0.25, 0.3) is 0 Å². The van der Waals surface area contributed by atoms with Crippen molar-refractivity contribution in [1.29, 1.82) is 0 Å². The zero-order chi connectivity index (χ0) is 18.1. The van der Waals surface area contributed by atoms with E-state index in [0.717, 1.165) is 31.7 Å². The summed E-state index contributed by atoms with van der Waals surface area (Å²) in [5.41, 5.74) is 1.06. The van der Waals surface area contributed by atoms with Gasteiger partial charge in [0, 0.05) is 32.1 Å². The van der Waals surface area contributed by atoms with E-state index < -0.39 is 0 Å². The largest absolute Gasteiger partial charge is 0.378 e. The highest BCUT2D eigenvalue weighted by Crippen LogP contribution is 2.39. The van der Waals surface area contributed by atoms with Gasteiger partial charge in [0.05, 0.1) is 19.4 Å². The molecule has 4 rings (SSSR count). The zero-order valence-corrected chi connectivity index (χ0v) is 15.1. The second-order valence-electron chi connectivity index (χ2n) is 7.59. The summed E-state index contributed by atoms with van der Waals surface area (Å²) < 4.78 is 5.69. The standard InChI is InChI=1S/C19H26N4O3/c1-12(24)21-17-8-14(4-5-20-17)15-9-18(22-19(25)10-15)23-6-7-26-11-16(23)13-2-3-13/h4-5,8,13,15-16,18H,2-3,6-7,9-11H2,1H3,(H,22,25)(H,20,21,24). The van der Waals surface area contributed by atoms with Gasteiger partial charge in [-0.05, 0) is 48.8 Å². The number of hydrogen-bond donors (Lipinski definition) is 2. The molecule has 0 aromatic carbocycles.